The zero-order valence-electron chi connectivity index (χ0n) is 14.5. The minimum atomic E-state index is -0.616. The third-order valence-electron chi connectivity index (χ3n) is 3.57. The lowest BCUT2D eigenvalue weighted by molar-refractivity contribution is -0.125. The maximum Gasteiger partial charge on any atom is 0.243 e. The number of nitrogens with zero attached hydrogens (tertiary/aromatic N) is 2. The molecule has 0 aliphatic heterocycles. The molecule has 0 aliphatic rings. The highest BCUT2D eigenvalue weighted by Gasteiger charge is 2.17. The summed E-state index contributed by atoms with van der Waals surface area (Å²) in [6.45, 7) is 3.60. The van der Waals surface area contributed by atoms with Crippen LogP contribution >= 0.6 is 11.8 Å². The van der Waals surface area contributed by atoms with Crippen LogP contribution in [0.25, 0.3) is 0 Å². The molecule has 1 aromatic heterocycles. The Bertz CT molecular complexity index is 727. The fourth-order valence-electron chi connectivity index (χ4n) is 1.96. The summed E-state index contributed by atoms with van der Waals surface area (Å²) in [5.74, 6) is -0.604. The molecule has 8 heteroatoms. The zero-order valence-corrected chi connectivity index (χ0v) is 15.3. The van der Waals surface area contributed by atoms with Gasteiger partial charge >= 0.3 is 0 Å². The summed E-state index contributed by atoms with van der Waals surface area (Å²) < 4.78 is 1.94. The van der Waals surface area contributed by atoms with Crippen molar-refractivity contribution in [2.75, 3.05) is 11.9 Å². The number of aryl methyl sites for hydroxylation is 1. The molecule has 0 fully saturated rings. The Morgan fingerprint density at radius 2 is 1.96 bits per heavy atom. The lowest BCUT2D eigenvalue weighted by Crippen LogP contribution is -2.46. The molecule has 1 atom stereocenters. The van der Waals surface area contributed by atoms with Gasteiger partial charge in [-0.15, -0.1) is 0 Å². The molecule has 0 saturated carbocycles. The second-order valence-corrected chi connectivity index (χ2v) is 7.02. The highest BCUT2D eigenvalue weighted by Crippen LogP contribution is 2.26. The average Bonchev–Trinajstić information content (AvgIpc) is 2.98. The minimum Gasteiger partial charge on any atom is -0.346 e. The van der Waals surface area contributed by atoms with Crippen LogP contribution in [-0.2, 0) is 16.6 Å². The molecule has 4 N–H and O–H groups in total. The predicted octanol–water partition coefficient (Wildman–Crippen LogP) is 1.61. The molecular formula is C17H23N5O2S. The molecule has 0 radical (unpaired) electrons. The molecule has 25 heavy (non-hydrogen) atoms. The standard InChI is InChI=1S/C17H23N5O2S/c1-11(2)15(18)16(24)20-10-14(23)21-12-4-6-13(7-5-12)25-17-19-8-9-22(17)3/h4-9,11,15H,10,18H2,1-3H3,(H,20,24)(H,21,23)/t15-/m0/s1. The van der Waals surface area contributed by atoms with Gasteiger partial charge in [0.25, 0.3) is 0 Å². The van der Waals surface area contributed by atoms with E-state index in [4.69, 9.17) is 5.73 Å². The van der Waals surface area contributed by atoms with E-state index in [1.165, 1.54) is 11.8 Å². The Labute approximate surface area is 151 Å². The van der Waals surface area contributed by atoms with Gasteiger partial charge in [0.15, 0.2) is 5.16 Å². The first-order valence-electron chi connectivity index (χ1n) is 7.95. The minimum absolute atomic E-state index is 0.0202. The first-order valence-corrected chi connectivity index (χ1v) is 8.77. The maximum absolute atomic E-state index is 11.9. The van der Waals surface area contributed by atoms with Crippen molar-refractivity contribution in [3.8, 4) is 0 Å². The van der Waals surface area contributed by atoms with Crippen molar-refractivity contribution >= 4 is 29.3 Å². The van der Waals surface area contributed by atoms with Crippen molar-refractivity contribution in [3.63, 3.8) is 0 Å². The fraction of sp³-hybridized carbons (Fsp3) is 0.353. The van der Waals surface area contributed by atoms with Crippen LogP contribution in [0.15, 0.2) is 46.7 Å². The molecule has 0 saturated heterocycles. The Hall–Kier alpha value is -2.32. The summed E-state index contributed by atoms with van der Waals surface area (Å²) in [6, 6.07) is 6.82. The number of benzene rings is 1. The third-order valence-corrected chi connectivity index (χ3v) is 4.65. The quantitative estimate of drug-likeness (QED) is 0.695. The van der Waals surface area contributed by atoms with Gasteiger partial charge in [-0.25, -0.2) is 4.98 Å². The lowest BCUT2D eigenvalue weighted by Gasteiger charge is -2.15. The molecule has 0 bridgehead atoms. The van der Waals surface area contributed by atoms with Crippen molar-refractivity contribution in [1.82, 2.24) is 14.9 Å². The summed E-state index contributed by atoms with van der Waals surface area (Å²) in [6.07, 6.45) is 3.63. The van der Waals surface area contributed by atoms with Gasteiger partial charge in [-0.1, -0.05) is 25.6 Å². The number of carbonyl (C=O) groups excluding carboxylic acids is 2. The van der Waals surface area contributed by atoms with Crippen LogP contribution in [-0.4, -0.2) is 34.0 Å². The van der Waals surface area contributed by atoms with E-state index in [-0.39, 0.29) is 24.3 Å². The van der Waals surface area contributed by atoms with E-state index in [9.17, 15) is 9.59 Å². The van der Waals surface area contributed by atoms with Crippen molar-refractivity contribution < 1.29 is 9.59 Å². The number of imidazole rings is 1. The largest absolute Gasteiger partial charge is 0.346 e. The first-order chi connectivity index (χ1) is 11.9. The van der Waals surface area contributed by atoms with E-state index in [1.807, 2.05) is 55.9 Å². The van der Waals surface area contributed by atoms with Crippen LogP contribution in [0, 0.1) is 5.92 Å². The number of hydrogen-bond donors (Lipinski definition) is 3. The summed E-state index contributed by atoms with van der Waals surface area (Å²) in [5.41, 5.74) is 6.39. The van der Waals surface area contributed by atoms with Crippen LogP contribution < -0.4 is 16.4 Å². The van der Waals surface area contributed by atoms with E-state index in [0.29, 0.717) is 5.69 Å². The molecule has 0 spiro atoms. The molecule has 1 aromatic carbocycles. The van der Waals surface area contributed by atoms with Gasteiger partial charge in [0.1, 0.15) is 0 Å². The number of aromatic nitrogens is 2. The molecule has 134 valence electrons. The van der Waals surface area contributed by atoms with Crippen molar-refractivity contribution in [2.24, 2.45) is 18.7 Å². The number of hydrogen-bond acceptors (Lipinski definition) is 5. The number of carbonyl (C=O) groups is 2. The van der Waals surface area contributed by atoms with Gasteiger partial charge in [-0.05, 0) is 30.2 Å². The predicted molar refractivity (Wildman–Crippen MR) is 98.2 cm³/mol. The second kappa shape index (κ2) is 8.68. The van der Waals surface area contributed by atoms with Crippen molar-refractivity contribution in [3.05, 3.63) is 36.7 Å². The fourth-order valence-corrected chi connectivity index (χ4v) is 2.76. The van der Waals surface area contributed by atoms with Gasteiger partial charge in [-0.2, -0.15) is 0 Å². The van der Waals surface area contributed by atoms with E-state index < -0.39 is 6.04 Å². The highest BCUT2D eigenvalue weighted by atomic mass is 32.2. The summed E-state index contributed by atoms with van der Waals surface area (Å²) >= 11 is 1.54. The Morgan fingerprint density at radius 1 is 1.28 bits per heavy atom. The van der Waals surface area contributed by atoms with Crippen LogP contribution in [0.4, 0.5) is 5.69 Å². The van der Waals surface area contributed by atoms with Crippen LogP contribution in [0.5, 0.6) is 0 Å². The maximum atomic E-state index is 11.9. The van der Waals surface area contributed by atoms with Gasteiger partial charge in [0.05, 0.1) is 12.6 Å². The molecule has 0 aliphatic carbocycles. The zero-order chi connectivity index (χ0) is 18.4. The number of amides is 2. The molecule has 0 unspecified atom stereocenters. The van der Waals surface area contributed by atoms with Crippen LogP contribution in [0.3, 0.4) is 0 Å². The van der Waals surface area contributed by atoms with Gasteiger partial charge < -0.3 is 20.9 Å². The van der Waals surface area contributed by atoms with E-state index in [2.05, 4.69) is 15.6 Å². The molecule has 7 nitrogen and oxygen atoms in total. The summed E-state index contributed by atoms with van der Waals surface area (Å²) in [7, 11) is 1.93. The normalized spacial score (nSPS) is 12.0. The SMILES string of the molecule is CC(C)[C@H](N)C(=O)NCC(=O)Nc1ccc(Sc2nccn2C)cc1. The third kappa shape index (κ3) is 5.61. The molecule has 2 amide bonds. The molecule has 2 rings (SSSR count). The summed E-state index contributed by atoms with van der Waals surface area (Å²) in [5, 5.41) is 6.17. The number of nitrogens with two attached hydrogens (primary N) is 1. The second-order valence-electron chi connectivity index (χ2n) is 5.98. The Balaban J connectivity index is 1.83. The van der Waals surface area contributed by atoms with E-state index in [0.717, 1.165) is 10.1 Å². The summed E-state index contributed by atoms with van der Waals surface area (Å²) in [4.78, 5) is 28.9. The topological polar surface area (TPSA) is 102 Å². The van der Waals surface area contributed by atoms with Gasteiger partial charge in [-0.3, -0.25) is 9.59 Å². The van der Waals surface area contributed by atoms with Crippen molar-refractivity contribution in [1.29, 1.82) is 0 Å². The first kappa shape index (κ1) is 19.0. The van der Waals surface area contributed by atoms with Crippen LogP contribution in [0.1, 0.15) is 13.8 Å². The average molecular weight is 361 g/mol. The van der Waals surface area contributed by atoms with E-state index in [1.54, 1.807) is 6.20 Å². The highest BCUT2D eigenvalue weighted by molar-refractivity contribution is 7.99. The van der Waals surface area contributed by atoms with Crippen LogP contribution in [0.2, 0.25) is 0 Å². The lowest BCUT2D eigenvalue weighted by atomic mass is 10.1. The Morgan fingerprint density at radius 3 is 2.52 bits per heavy atom. The monoisotopic (exact) mass is 361 g/mol. The smallest absolute Gasteiger partial charge is 0.243 e. The Kier molecular flexibility index (Phi) is 6.60. The molecular weight excluding hydrogens is 338 g/mol. The number of rotatable bonds is 7. The van der Waals surface area contributed by atoms with Gasteiger partial charge in [0, 0.05) is 30.0 Å². The molecule has 2 aromatic rings. The van der Waals surface area contributed by atoms with Gasteiger partial charge in [0.2, 0.25) is 11.8 Å². The van der Waals surface area contributed by atoms with Crippen molar-refractivity contribution in [2.45, 2.75) is 29.9 Å². The molecule has 1 heterocycles. The number of anilines is 1. The van der Waals surface area contributed by atoms with E-state index >= 15 is 0 Å². The number of nitrogens with one attached hydrogen (secondary N) is 2.